The molecule has 1 aromatic carbocycles. The van der Waals surface area contributed by atoms with Crippen molar-refractivity contribution in [3.05, 3.63) is 52.6 Å². The van der Waals surface area contributed by atoms with E-state index in [0.29, 0.717) is 5.56 Å². The maximum atomic E-state index is 12.3. The number of ether oxygens (including phenoxy) is 3. The van der Waals surface area contributed by atoms with E-state index in [1.165, 1.54) is 31.2 Å². The van der Waals surface area contributed by atoms with Gasteiger partial charge < -0.3 is 19.9 Å². The van der Waals surface area contributed by atoms with Crippen molar-refractivity contribution in [1.82, 2.24) is 0 Å². The number of rotatable bonds is 5. The van der Waals surface area contributed by atoms with E-state index in [4.69, 9.17) is 15.2 Å². The van der Waals surface area contributed by atoms with E-state index in [-0.39, 0.29) is 35.1 Å². The fraction of sp³-hybridized carbons (Fsp3) is 0.294. The van der Waals surface area contributed by atoms with Crippen molar-refractivity contribution < 1.29 is 27.8 Å². The summed E-state index contributed by atoms with van der Waals surface area (Å²) in [6, 6.07) is 7.53. The van der Waals surface area contributed by atoms with Crippen LogP contribution in [0.1, 0.15) is 25.3 Å². The Labute approximate surface area is 143 Å². The van der Waals surface area contributed by atoms with Crippen LogP contribution in [0.5, 0.6) is 5.75 Å². The first-order valence-corrected chi connectivity index (χ1v) is 7.39. The average molecular weight is 350 g/mol. The number of nitrogens with zero attached hydrogens (tertiary/aromatic N) is 1. The molecule has 2 N–H and O–H groups in total. The molecule has 1 aliphatic heterocycles. The van der Waals surface area contributed by atoms with Crippen molar-refractivity contribution >= 4 is 5.97 Å². The van der Waals surface area contributed by atoms with Crippen LogP contribution in [0.4, 0.5) is 8.78 Å². The largest absolute Gasteiger partial charge is 0.463 e. The summed E-state index contributed by atoms with van der Waals surface area (Å²) in [6.07, 6.45) is 0. The maximum absolute atomic E-state index is 12.3. The minimum Gasteiger partial charge on any atom is -0.463 e. The molecule has 0 saturated heterocycles. The molecule has 1 unspecified atom stereocenters. The summed E-state index contributed by atoms with van der Waals surface area (Å²) in [5.74, 6) is -1.41. The summed E-state index contributed by atoms with van der Waals surface area (Å²) >= 11 is 0. The van der Waals surface area contributed by atoms with E-state index < -0.39 is 18.5 Å². The molecule has 1 atom stereocenters. The average Bonchev–Trinajstić information content (AvgIpc) is 2.54. The van der Waals surface area contributed by atoms with Crippen molar-refractivity contribution in [1.29, 1.82) is 5.26 Å². The fourth-order valence-corrected chi connectivity index (χ4v) is 2.53. The second-order valence-electron chi connectivity index (χ2n) is 5.06. The molecule has 0 bridgehead atoms. The predicted octanol–water partition coefficient (Wildman–Crippen LogP) is 2.93. The molecule has 0 aromatic heterocycles. The first-order valence-electron chi connectivity index (χ1n) is 7.39. The van der Waals surface area contributed by atoms with Gasteiger partial charge in [0.25, 0.3) is 0 Å². The van der Waals surface area contributed by atoms with Gasteiger partial charge in [0.15, 0.2) is 0 Å². The molecule has 0 fully saturated rings. The Balaban J connectivity index is 2.49. The van der Waals surface area contributed by atoms with Gasteiger partial charge in [-0.05, 0) is 31.5 Å². The number of hydrogen-bond donors (Lipinski definition) is 1. The summed E-state index contributed by atoms with van der Waals surface area (Å²) in [5.41, 5.74) is 6.43. The molecule has 132 valence electrons. The summed E-state index contributed by atoms with van der Waals surface area (Å²) in [7, 11) is 0. The Kier molecular flexibility index (Phi) is 5.60. The number of hydrogen-bond acceptors (Lipinski definition) is 6. The topological polar surface area (TPSA) is 94.6 Å². The first-order chi connectivity index (χ1) is 11.9. The zero-order chi connectivity index (χ0) is 18.6. The molecular formula is C17H16F2N2O4. The Morgan fingerprint density at radius 3 is 2.56 bits per heavy atom. The third kappa shape index (κ3) is 3.88. The number of nitriles is 1. The molecule has 0 spiro atoms. The number of esters is 1. The monoisotopic (exact) mass is 350 g/mol. The number of nitrogens with two attached hydrogens (primary N) is 1. The van der Waals surface area contributed by atoms with Crippen LogP contribution in [0.3, 0.4) is 0 Å². The van der Waals surface area contributed by atoms with Crippen LogP contribution in [0, 0.1) is 11.3 Å². The molecule has 8 heteroatoms. The lowest BCUT2D eigenvalue weighted by molar-refractivity contribution is -0.139. The lowest BCUT2D eigenvalue weighted by Gasteiger charge is -2.26. The van der Waals surface area contributed by atoms with E-state index in [0.717, 1.165) is 0 Å². The van der Waals surface area contributed by atoms with Crippen LogP contribution in [0.25, 0.3) is 0 Å². The number of benzene rings is 1. The molecule has 1 heterocycles. The number of halogens is 2. The fourth-order valence-electron chi connectivity index (χ4n) is 2.53. The number of carbonyl (C=O) groups is 1. The van der Waals surface area contributed by atoms with Crippen molar-refractivity contribution in [3.63, 3.8) is 0 Å². The van der Waals surface area contributed by atoms with Gasteiger partial charge in [-0.25, -0.2) is 4.79 Å². The van der Waals surface area contributed by atoms with Crippen LogP contribution >= 0.6 is 0 Å². The van der Waals surface area contributed by atoms with E-state index in [2.05, 4.69) is 4.74 Å². The molecule has 0 aliphatic carbocycles. The van der Waals surface area contributed by atoms with Crippen LogP contribution in [0.2, 0.25) is 0 Å². The van der Waals surface area contributed by atoms with Crippen LogP contribution in [0.15, 0.2) is 47.1 Å². The van der Waals surface area contributed by atoms with Gasteiger partial charge in [0.2, 0.25) is 5.88 Å². The normalized spacial score (nSPS) is 17.2. The molecule has 0 saturated carbocycles. The van der Waals surface area contributed by atoms with Crippen LogP contribution in [-0.2, 0) is 14.3 Å². The Bertz CT molecular complexity index is 764. The zero-order valence-corrected chi connectivity index (χ0v) is 13.6. The predicted molar refractivity (Wildman–Crippen MR) is 83.1 cm³/mol. The van der Waals surface area contributed by atoms with Crippen molar-refractivity contribution in [2.75, 3.05) is 6.61 Å². The molecule has 6 nitrogen and oxygen atoms in total. The van der Waals surface area contributed by atoms with Crippen molar-refractivity contribution in [3.8, 4) is 11.8 Å². The lowest BCUT2D eigenvalue weighted by Crippen LogP contribution is -2.25. The van der Waals surface area contributed by atoms with Gasteiger partial charge >= 0.3 is 12.6 Å². The van der Waals surface area contributed by atoms with Gasteiger partial charge in [-0.1, -0.05) is 12.1 Å². The SMILES string of the molecule is CCOC(=O)C1=C(C)OC(N)=C(C#N)C1c1ccc(OC(F)F)cc1. The Hall–Kier alpha value is -3.08. The van der Waals surface area contributed by atoms with E-state index in [1.807, 2.05) is 6.07 Å². The molecular weight excluding hydrogens is 334 g/mol. The minimum absolute atomic E-state index is 0.0381. The van der Waals surface area contributed by atoms with Crippen LogP contribution < -0.4 is 10.5 Å². The van der Waals surface area contributed by atoms with Gasteiger partial charge in [0, 0.05) is 0 Å². The highest BCUT2D eigenvalue weighted by Crippen LogP contribution is 2.39. The summed E-state index contributed by atoms with van der Waals surface area (Å²) in [5, 5.41) is 9.42. The second kappa shape index (κ2) is 7.66. The molecule has 0 amide bonds. The Morgan fingerprint density at radius 2 is 2.04 bits per heavy atom. The summed E-state index contributed by atoms with van der Waals surface area (Å²) < 4.78 is 39.2. The highest BCUT2D eigenvalue weighted by atomic mass is 19.3. The smallest absolute Gasteiger partial charge is 0.387 e. The van der Waals surface area contributed by atoms with E-state index >= 15 is 0 Å². The van der Waals surface area contributed by atoms with Crippen molar-refractivity contribution in [2.45, 2.75) is 26.4 Å². The van der Waals surface area contributed by atoms with Crippen molar-refractivity contribution in [2.24, 2.45) is 5.73 Å². The maximum Gasteiger partial charge on any atom is 0.387 e. The van der Waals surface area contributed by atoms with Gasteiger partial charge in [-0.3, -0.25) is 0 Å². The van der Waals surface area contributed by atoms with E-state index in [1.54, 1.807) is 6.92 Å². The number of carbonyl (C=O) groups excluding carboxylic acids is 1. The lowest BCUT2D eigenvalue weighted by atomic mass is 9.83. The number of allylic oxidation sites excluding steroid dienone is 2. The van der Waals surface area contributed by atoms with Gasteiger partial charge in [0.05, 0.1) is 18.1 Å². The molecule has 1 aliphatic rings. The van der Waals surface area contributed by atoms with Gasteiger partial charge in [-0.15, -0.1) is 0 Å². The third-order valence-electron chi connectivity index (χ3n) is 3.54. The summed E-state index contributed by atoms with van der Waals surface area (Å²) in [4.78, 5) is 12.3. The quantitative estimate of drug-likeness (QED) is 0.821. The van der Waals surface area contributed by atoms with Gasteiger partial charge in [-0.2, -0.15) is 14.0 Å². The second-order valence-corrected chi connectivity index (χ2v) is 5.06. The standard InChI is InChI=1S/C17H16F2N2O4/c1-3-23-16(22)13-9(2)24-15(21)12(8-20)14(13)10-4-6-11(7-5-10)25-17(18)19/h4-7,14,17H,3,21H2,1-2H3. The minimum atomic E-state index is -2.95. The van der Waals surface area contributed by atoms with Gasteiger partial charge in [0.1, 0.15) is 23.2 Å². The summed E-state index contributed by atoms with van der Waals surface area (Å²) in [6.45, 7) is 0.383. The Morgan fingerprint density at radius 1 is 1.40 bits per heavy atom. The molecule has 0 radical (unpaired) electrons. The molecule has 25 heavy (non-hydrogen) atoms. The number of alkyl halides is 2. The zero-order valence-electron chi connectivity index (χ0n) is 13.6. The van der Waals surface area contributed by atoms with Crippen LogP contribution in [-0.4, -0.2) is 19.2 Å². The molecule has 1 aromatic rings. The molecule has 2 rings (SSSR count). The third-order valence-corrected chi connectivity index (χ3v) is 3.54. The van der Waals surface area contributed by atoms with E-state index in [9.17, 15) is 18.8 Å². The first kappa shape index (κ1) is 18.3. The highest BCUT2D eigenvalue weighted by Gasteiger charge is 2.36. The highest BCUT2D eigenvalue weighted by molar-refractivity contribution is 5.92.